The van der Waals surface area contributed by atoms with Crippen LogP contribution in [-0.4, -0.2) is 55.8 Å². The molecule has 3 saturated heterocycles. The first-order valence-electron chi connectivity index (χ1n) is 11.0. The third-order valence-electron chi connectivity index (χ3n) is 7.10. The van der Waals surface area contributed by atoms with Crippen LogP contribution < -0.4 is 4.90 Å². The normalized spacial score (nSPS) is 30.3. The molecule has 0 unspecified atom stereocenters. The van der Waals surface area contributed by atoms with E-state index in [2.05, 4.69) is 15.4 Å². The molecule has 174 valence electrons. The summed E-state index contributed by atoms with van der Waals surface area (Å²) in [5.74, 6) is -2.54. The first-order chi connectivity index (χ1) is 17.0. The number of nitro benzene ring substituents is 1. The summed E-state index contributed by atoms with van der Waals surface area (Å²) < 4.78 is 6.11. The van der Waals surface area contributed by atoms with Gasteiger partial charge in [0.2, 0.25) is 11.8 Å². The predicted molar refractivity (Wildman–Crippen MR) is 117 cm³/mol. The lowest BCUT2D eigenvalue weighted by Gasteiger charge is -2.25. The molecular weight excluding hydrogens is 456 g/mol. The number of non-ortho nitro benzene ring substituents is 1. The van der Waals surface area contributed by atoms with Crippen LogP contribution in [-0.2, 0) is 19.2 Å². The average molecular weight is 472 g/mol. The van der Waals surface area contributed by atoms with Gasteiger partial charge >= 0.3 is 0 Å². The van der Waals surface area contributed by atoms with E-state index in [-0.39, 0.29) is 17.5 Å². The Labute approximate surface area is 196 Å². The summed E-state index contributed by atoms with van der Waals surface area (Å²) in [6.45, 7) is 0. The zero-order chi connectivity index (χ0) is 23.8. The fourth-order valence-corrected chi connectivity index (χ4v) is 5.61. The van der Waals surface area contributed by atoms with Crippen LogP contribution in [0.1, 0.15) is 5.69 Å². The van der Waals surface area contributed by atoms with Crippen molar-refractivity contribution < 1.29 is 24.1 Å². The van der Waals surface area contributed by atoms with E-state index in [1.165, 1.54) is 29.1 Å². The molecule has 0 spiro atoms. The maximum atomic E-state index is 13.4. The molecule has 3 aromatic rings. The highest BCUT2D eigenvalue weighted by Crippen LogP contribution is 2.55. The molecule has 2 bridgehead atoms. The van der Waals surface area contributed by atoms with Gasteiger partial charge < -0.3 is 9.57 Å². The number of oxime groups is 1. The molecule has 5 heterocycles. The van der Waals surface area contributed by atoms with Gasteiger partial charge in [-0.25, -0.2) is 4.90 Å². The molecule has 4 aliphatic heterocycles. The summed E-state index contributed by atoms with van der Waals surface area (Å²) in [7, 11) is 0. The molecule has 2 amide bonds. The fraction of sp³-hybridized carbons (Fsp3) is 0.261. The van der Waals surface area contributed by atoms with E-state index in [9.17, 15) is 19.7 Å². The Kier molecular flexibility index (Phi) is 4.01. The van der Waals surface area contributed by atoms with Gasteiger partial charge in [0.15, 0.2) is 6.10 Å². The lowest BCUT2D eigenvalue weighted by Crippen LogP contribution is -2.45. The van der Waals surface area contributed by atoms with Crippen LogP contribution in [0.4, 0.5) is 11.4 Å². The molecule has 1 aromatic heterocycles. The number of anilines is 1. The number of para-hydroxylation sites is 1. The molecule has 0 saturated carbocycles. The van der Waals surface area contributed by atoms with Crippen molar-refractivity contribution in [1.82, 2.24) is 15.0 Å². The third kappa shape index (κ3) is 2.68. The van der Waals surface area contributed by atoms with E-state index in [1.807, 2.05) is 30.3 Å². The number of carbonyl (C=O) groups is 2. The summed E-state index contributed by atoms with van der Waals surface area (Å²) in [6.07, 6.45) is -0.143. The fourth-order valence-electron chi connectivity index (χ4n) is 5.61. The number of imide groups is 1. The topological polar surface area (TPSA) is 142 Å². The van der Waals surface area contributed by atoms with Crippen molar-refractivity contribution in [3.8, 4) is 5.69 Å². The van der Waals surface area contributed by atoms with Crippen LogP contribution in [0.25, 0.3) is 5.69 Å². The van der Waals surface area contributed by atoms with Crippen molar-refractivity contribution in [2.24, 2.45) is 22.9 Å². The predicted octanol–water partition coefficient (Wildman–Crippen LogP) is 1.48. The Morgan fingerprint density at radius 1 is 0.857 bits per heavy atom. The van der Waals surface area contributed by atoms with Gasteiger partial charge in [0.1, 0.15) is 17.5 Å². The molecular formula is C23H16N6O6. The van der Waals surface area contributed by atoms with Gasteiger partial charge in [-0.05, 0) is 24.3 Å². The molecule has 0 N–H and O–H groups in total. The number of hydrogen-bond donors (Lipinski definition) is 0. The zero-order valence-corrected chi connectivity index (χ0v) is 17.9. The van der Waals surface area contributed by atoms with Gasteiger partial charge in [0, 0.05) is 12.1 Å². The maximum absolute atomic E-state index is 13.4. The van der Waals surface area contributed by atoms with E-state index in [0.717, 1.165) is 10.6 Å². The second kappa shape index (κ2) is 7.03. The molecule has 7 rings (SSSR count). The second-order valence-electron chi connectivity index (χ2n) is 8.83. The quantitative estimate of drug-likeness (QED) is 0.316. The van der Waals surface area contributed by atoms with Crippen molar-refractivity contribution in [3.05, 3.63) is 76.6 Å². The van der Waals surface area contributed by atoms with Crippen LogP contribution >= 0.6 is 0 Å². The van der Waals surface area contributed by atoms with Gasteiger partial charge in [0.05, 0.1) is 46.4 Å². The van der Waals surface area contributed by atoms with Crippen molar-refractivity contribution >= 4 is 28.9 Å². The Morgan fingerprint density at radius 3 is 2.29 bits per heavy atom. The lowest BCUT2D eigenvalue weighted by molar-refractivity contribution is -0.384. The summed E-state index contributed by atoms with van der Waals surface area (Å²) in [5.41, 5.74) is 2.01. The number of ether oxygens (including phenoxy) is 1. The monoisotopic (exact) mass is 472 g/mol. The Hall–Kier alpha value is -4.45. The minimum Gasteiger partial charge on any atom is -0.389 e. The molecule has 12 heteroatoms. The van der Waals surface area contributed by atoms with Crippen molar-refractivity contribution in [3.63, 3.8) is 0 Å². The average Bonchev–Trinajstić information content (AvgIpc) is 3.67. The third-order valence-corrected chi connectivity index (χ3v) is 7.10. The van der Waals surface area contributed by atoms with E-state index >= 15 is 0 Å². The van der Waals surface area contributed by atoms with E-state index < -0.39 is 41.0 Å². The molecule has 0 radical (unpaired) electrons. The van der Waals surface area contributed by atoms with Crippen molar-refractivity contribution in [1.29, 1.82) is 0 Å². The van der Waals surface area contributed by atoms with Crippen LogP contribution in [0.2, 0.25) is 0 Å². The summed E-state index contributed by atoms with van der Waals surface area (Å²) >= 11 is 0. The Morgan fingerprint density at radius 2 is 1.57 bits per heavy atom. The summed E-state index contributed by atoms with van der Waals surface area (Å²) in [6, 6.07) is 14.8. The number of hydrogen-bond acceptors (Lipinski definition) is 9. The van der Waals surface area contributed by atoms with E-state index in [1.54, 1.807) is 6.20 Å². The number of carbonyl (C=O) groups excluding carboxylic acids is 2. The first-order valence-corrected chi connectivity index (χ1v) is 11.0. The largest absolute Gasteiger partial charge is 0.389 e. The standard InChI is InChI=1S/C23H16N6O6/c30-22-15-16(23(31)27(22)11-6-8-13(9-7-11)29(32)33)20-21-17(19(15)34-20)18(26-35-21)14-10-24-28(25-14)12-4-2-1-3-5-12/h1-10,15-17,19-21H/t15-,16+,17-,19-,20+,21-/m1/s1. The van der Waals surface area contributed by atoms with Crippen molar-refractivity contribution in [2.45, 2.75) is 18.3 Å². The van der Waals surface area contributed by atoms with Gasteiger partial charge in [0.25, 0.3) is 5.69 Å². The molecule has 35 heavy (non-hydrogen) atoms. The van der Waals surface area contributed by atoms with Gasteiger partial charge in [-0.15, -0.1) is 5.10 Å². The van der Waals surface area contributed by atoms with Crippen LogP contribution in [0.15, 0.2) is 65.9 Å². The highest BCUT2D eigenvalue weighted by atomic mass is 16.7. The van der Waals surface area contributed by atoms with E-state index in [4.69, 9.17) is 9.57 Å². The van der Waals surface area contributed by atoms with Gasteiger partial charge in [-0.1, -0.05) is 23.4 Å². The molecule has 2 aromatic carbocycles. The summed E-state index contributed by atoms with van der Waals surface area (Å²) in [4.78, 5) is 45.4. The SMILES string of the molecule is O=C1[C@@H]2[C@@H]3O[C@@H]([C@H]4C(c5cnn(-c6ccccc6)n5)=NO[C@@H]34)[C@@H]2C(=O)N1c1ccc([N+](=O)[O-])cc1. The smallest absolute Gasteiger partial charge is 0.269 e. The van der Waals surface area contributed by atoms with E-state index in [0.29, 0.717) is 17.1 Å². The number of aromatic nitrogens is 3. The maximum Gasteiger partial charge on any atom is 0.269 e. The lowest BCUT2D eigenvalue weighted by atomic mass is 9.72. The van der Waals surface area contributed by atoms with Crippen LogP contribution in [0, 0.1) is 27.9 Å². The number of nitrogens with zero attached hydrogens (tertiary/aromatic N) is 6. The molecule has 4 aliphatic rings. The highest BCUT2D eigenvalue weighted by Gasteiger charge is 2.72. The highest BCUT2D eigenvalue weighted by molar-refractivity contribution is 6.23. The van der Waals surface area contributed by atoms with Gasteiger partial charge in [-0.3, -0.25) is 19.7 Å². The molecule has 12 nitrogen and oxygen atoms in total. The zero-order valence-electron chi connectivity index (χ0n) is 17.9. The number of rotatable bonds is 4. The molecule has 3 fully saturated rings. The van der Waals surface area contributed by atoms with Gasteiger partial charge in [-0.2, -0.15) is 9.90 Å². The number of nitro groups is 1. The Balaban J connectivity index is 1.18. The second-order valence-corrected chi connectivity index (χ2v) is 8.83. The first kappa shape index (κ1) is 20.0. The van der Waals surface area contributed by atoms with Crippen molar-refractivity contribution in [2.75, 3.05) is 4.90 Å². The van der Waals surface area contributed by atoms with Crippen LogP contribution in [0.5, 0.6) is 0 Å². The Bertz CT molecular complexity index is 1420. The number of amides is 2. The summed E-state index contributed by atoms with van der Waals surface area (Å²) in [5, 5.41) is 24.1. The molecule has 0 aliphatic carbocycles. The number of benzene rings is 2. The number of fused-ring (bicyclic) bond motifs is 8. The minimum atomic E-state index is -0.696. The molecule has 6 atom stereocenters. The van der Waals surface area contributed by atoms with Crippen LogP contribution in [0.3, 0.4) is 0 Å². The minimum absolute atomic E-state index is 0.122.